The zero-order valence-corrected chi connectivity index (χ0v) is 12.1. The lowest BCUT2D eigenvalue weighted by molar-refractivity contribution is -0.384. The van der Waals surface area contributed by atoms with E-state index in [4.69, 9.17) is 5.11 Å². The number of nitrogens with zero attached hydrogens (tertiary/aromatic N) is 2. The first-order chi connectivity index (χ1) is 9.58. The van der Waals surface area contributed by atoms with Crippen LogP contribution in [0.4, 0.5) is 11.5 Å². The average Bonchev–Trinajstić information content (AvgIpc) is 2.45. The van der Waals surface area contributed by atoms with Crippen molar-refractivity contribution in [1.82, 2.24) is 4.98 Å². The number of rotatable bonds is 5. The van der Waals surface area contributed by atoms with Gasteiger partial charge in [0.25, 0.3) is 0 Å². The number of anilines is 1. The highest BCUT2D eigenvalue weighted by Crippen LogP contribution is 2.26. The van der Waals surface area contributed by atoms with Crippen LogP contribution in [0.3, 0.4) is 0 Å². The Balaban J connectivity index is 2.12. The molecule has 0 radical (unpaired) electrons. The van der Waals surface area contributed by atoms with Gasteiger partial charge in [-0.2, -0.15) is 23.5 Å². The van der Waals surface area contributed by atoms with Crippen molar-refractivity contribution in [3.63, 3.8) is 0 Å². The van der Waals surface area contributed by atoms with E-state index in [-0.39, 0.29) is 17.2 Å². The third-order valence-corrected chi connectivity index (χ3v) is 5.52. The van der Waals surface area contributed by atoms with E-state index in [9.17, 15) is 14.9 Å². The fraction of sp³-hybridized carbons (Fsp3) is 0.455. The molecule has 1 saturated heterocycles. The number of nitro groups is 1. The molecule has 0 saturated carbocycles. The summed E-state index contributed by atoms with van der Waals surface area (Å²) in [4.78, 5) is 25.0. The minimum atomic E-state index is -1.20. The molecule has 1 atom stereocenters. The number of thioether (sulfide) groups is 2. The fourth-order valence-electron chi connectivity index (χ4n) is 1.71. The van der Waals surface area contributed by atoms with Crippen LogP contribution in [0, 0.1) is 10.1 Å². The van der Waals surface area contributed by atoms with Crippen molar-refractivity contribution in [2.24, 2.45) is 0 Å². The Bertz CT molecular complexity index is 520. The SMILES string of the molecule is O=C(O)c1ccc([N+](=O)[O-])c(NCC2CSCCS2)n1. The third-order valence-electron chi connectivity index (χ3n) is 2.67. The summed E-state index contributed by atoms with van der Waals surface area (Å²) in [5, 5.41) is 23.1. The topological polar surface area (TPSA) is 105 Å². The van der Waals surface area contributed by atoms with Crippen molar-refractivity contribution < 1.29 is 14.8 Å². The van der Waals surface area contributed by atoms with Gasteiger partial charge in [0.15, 0.2) is 5.69 Å². The quantitative estimate of drug-likeness (QED) is 0.627. The smallest absolute Gasteiger partial charge is 0.354 e. The van der Waals surface area contributed by atoms with E-state index in [1.165, 1.54) is 6.07 Å². The van der Waals surface area contributed by atoms with Gasteiger partial charge in [-0.05, 0) is 6.07 Å². The first-order valence-corrected chi connectivity index (χ1v) is 8.10. The molecule has 0 bridgehead atoms. The van der Waals surface area contributed by atoms with Crippen molar-refractivity contribution in [2.45, 2.75) is 5.25 Å². The maximum absolute atomic E-state index is 10.9. The van der Waals surface area contributed by atoms with E-state index in [2.05, 4.69) is 10.3 Å². The lowest BCUT2D eigenvalue weighted by atomic mass is 10.3. The van der Waals surface area contributed by atoms with Gasteiger partial charge in [0.2, 0.25) is 5.82 Å². The number of nitrogens with one attached hydrogen (secondary N) is 1. The molecule has 2 N–H and O–H groups in total. The number of carbonyl (C=O) groups is 1. The molecule has 2 rings (SSSR count). The van der Waals surface area contributed by atoms with Gasteiger partial charge in [-0.25, -0.2) is 9.78 Å². The highest BCUT2D eigenvalue weighted by Gasteiger charge is 2.20. The Hall–Kier alpha value is -1.48. The second kappa shape index (κ2) is 6.80. The van der Waals surface area contributed by atoms with E-state index in [1.54, 1.807) is 0 Å². The summed E-state index contributed by atoms with van der Waals surface area (Å²) >= 11 is 3.66. The van der Waals surface area contributed by atoms with E-state index < -0.39 is 10.9 Å². The highest BCUT2D eigenvalue weighted by atomic mass is 32.2. The lowest BCUT2D eigenvalue weighted by Crippen LogP contribution is -2.24. The van der Waals surface area contributed by atoms with Gasteiger partial charge >= 0.3 is 11.7 Å². The van der Waals surface area contributed by atoms with Crippen LogP contribution >= 0.6 is 23.5 Å². The van der Waals surface area contributed by atoms with Gasteiger partial charge in [-0.15, -0.1) is 0 Å². The van der Waals surface area contributed by atoms with Crippen LogP contribution in [0.25, 0.3) is 0 Å². The standard InChI is InChI=1S/C11H13N3O4S2/c15-11(16)8-1-2-9(14(17)18)10(13-8)12-5-7-6-19-3-4-20-7/h1-2,7H,3-6H2,(H,12,13)(H,15,16). The number of hydrogen-bond donors (Lipinski definition) is 2. The molecule has 1 aliphatic rings. The Morgan fingerprint density at radius 1 is 1.55 bits per heavy atom. The molecule has 1 aromatic heterocycles. The van der Waals surface area contributed by atoms with Crippen molar-refractivity contribution in [2.75, 3.05) is 29.1 Å². The van der Waals surface area contributed by atoms with E-state index in [0.29, 0.717) is 11.8 Å². The molecule has 1 aliphatic heterocycles. The zero-order chi connectivity index (χ0) is 14.5. The van der Waals surface area contributed by atoms with Crippen molar-refractivity contribution in [3.05, 3.63) is 27.9 Å². The van der Waals surface area contributed by atoms with Gasteiger partial charge in [0.05, 0.1) is 4.92 Å². The maximum atomic E-state index is 10.9. The second-order valence-corrected chi connectivity index (χ2v) is 6.63. The summed E-state index contributed by atoms with van der Waals surface area (Å²) in [6.45, 7) is 0.536. The highest BCUT2D eigenvalue weighted by molar-refractivity contribution is 8.06. The van der Waals surface area contributed by atoms with Crippen LogP contribution in [-0.2, 0) is 0 Å². The summed E-state index contributed by atoms with van der Waals surface area (Å²) in [6.07, 6.45) is 0. The van der Waals surface area contributed by atoms with E-state index in [0.717, 1.165) is 23.3 Å². The van der Waals surface area contributed by atoms with Crippen LogP contribution in [0.1, 0.15) is 10.5 Å². The van der Waals surface area contributed by atoms with Crippen LogP contribution in [-0.4, -0.2) is 50.0 Å². The Kier molecular flexibility index (Phi) is 5.07. The minimum Gasteiger partial charge on any atom is -0.477 e. The average molecular weight is 315 g/mol. The van der Waals surface area contributed by atoms with Crippen molar-refractivity contribution >= 4 is 41.0 Å². The lowest BCUT2D eigenvalue weighted by Gasteiger charge is -2.21. The third kappa shape index (κ3) is 3.76. The van der Waals surface area contributed by atoms with Gasteiger partial charge in [-0.3, -0.25) is 10.1 Å². The minimum absolute atomic E-state index is 0.0195. The number of pyridine rings is 1. The molecule has 20 heavy (non-hydrogen) atoms. The van der Waals surface area contributed by atoms with Gasteiger partial charge < -0.3 is 10.4 Å². The molecular formula is C11H13N3O4S2. The summed E-state index contributed by atoms with van der Waals surface area (Å²) in [5.74, 6) is 1.97. The Labute approximate surface area is 123 Å². The summed E-state index contributed by atoms with van der Waals surface area (Å²) in [7, 11) is 0. The molecule has 1 fully saturated rings. The van der Waals surface area contributed by atoms with Crippen LogP contribution < -0.4 is 5.32 Å². The number of hydrogen-bond acceptors (Lipinski definition) is 7. The molecule has 1 unspecified atom stereocenters. The van der Waals surface area contributed by atoms with E-state index >= 15 is 0 Å². The maximum Gasteiger partial charge on any atom is 0.354 e. The zero-order valence-electron chi connectivity index (χ0n) is 10.4. The predicted octanol–water partition coefficient (Wildman–Crippen LogP) is 1.95. The van der Waals surface area contributed by atoms with Crippen LogP contribution in [0.5, 0.6) is 0 Å². The number of aromatic nitrogens is 1. The van der Waals surface area contributed by atoms with Gasteiger partial charge in [0, 0.05) is 35.1 Å². The largest absolute Gasteiger partial charge is 0.477 e. The Morgan fingerprint density at radius 2 is 2.35 bits per heavy atom. The molecule has 9 heteroatoms. The molecule has 0 aliphatic carbocycles. The number of carboxylic acid groups (broad SMARTS) is 1. The molecule has 108 valence electrons. The molecule has 0 spiro atoms. The van der Waals surface area contributed by atoms with Crippen molar-refractivity contribution in [1.29, 1.82) is 0 Å². The summed E-state index contributed by atoms with van der Waals surface area (Å²) < 4.78 is 0. The van der Waals surface area contributed by atoms with Crippen LogP contribution in [0.2, 0.25) is 0 Å². The second-order valence-electron chi connectivity index (χ2n) is 4.08. The number of carboxylic acids is 1. The molecule has 0 amide bonds. The predicted molar refractivity (Wildman–Crippen MR) is 79.9 cm³/mol. The van der Waals surface area contributed by atoms with E-state index in [1.807, 2.05) is 23.5 Å². The first kappa shape index (κ1) is 14.9. The number of aromatic carboxylic acids is 1. The van der Waals surface area contributed by atoms with Gasteiger partial charge in [0.1, 0.15) is 0 Å². The molecule has 2 heterocycles. The summed E-state index contributed by atoms with van der Waals surface area (Å²) in [5.41, 5.74) is -0.410. The van der Waals surface area contributed by atoms with Crippen LogP contribution in [0.15, 0.2) is 12.1 Å². The van der Waals surface area contributed by atoms with Crippen molar-refractivity contribution in [3.8, 4) is 0 Å². The fourth-order valence-corrected chi connectivity index (χ4v) is 4.33. The molecule has 7 nitrogen and oxygen atoms in total. The van der Waals surface area contributed by atoms with Gasteiger partial charge in [-0.1, -0.05) is 0 Å². The summed E-state index contributed by atoms with van der Waals surface area (Å²) in [6, 6.07) is 2.30. The Morgan fingerprint density at radius 3 is 2.95 bits per heavy atom. The molecule has 0 aromatic carbocycles. The normalized spacial score (nSPS) is 18.5. The molecule has 1 aromatic rings. The molecular weight excluding hydrogens is 302 g/mol. The first-order valence-electron chi connectivity index (χ1n) is 5.90. The monoisotopic (exact) mass is 315 g/mol.